The van der Waals surface area contributed by atoms with E-state index < -0.39 is 5.60 Å². The van der Waals surface area contributed by atoms with Crippen molar-refractivity contribution < 1.29 is 4.74 Å². The van der Waals surface area contributed by atoms with Crippen molar-refractivity contribution in [1.29, 1.82) is 15.8 Å². The second-order valence-corrected chi connectivity index (χ2v) is 7.69. The maximum Gasteiger partial charge on any atom is 0.172 e. The lowest BCUT2D eigenvalue weighted by Crippen LogP contribution is -2.21. The van der Waals surface area contributed by atoms with Crippen molar-refractivity contribution in [3.8, 4) is 18.2 Å². The van der Waals surface area contributed by atoms with E-state index in [2.05, 4.69) is 49.1 Å². The normalized spacial score (nSPS) is 15.2. The van der Waals surface area contributed by atoms with Crippen LogP contribution in [0, 0.1) is 34.0 Å². The molecule has 0 atom stereocenters. The number of allylic oxidation sites excluding steroid dienone is 8. The molecule has 0 aromatic heterocycles. The standard InChI is InChI=1S/C28H28N4O/c1-5-32(6-2)24-17-15-22(16-18-24)13-11-9-7-8-10-12-14-26-25(21-31)27(23(19-29)20-30)33-28(26,3)4/h7-18H,5-6H2,1-4H3/b9-7+,10-8+,13-11+,14-12+. The topological polar surface area (TPSA) is 83.8 Å². The quantitative estimate of drug-likeness (QED) is 0.361. The van der Waals surface area contributed by atoms with Gasteiger partial charge in [-0.15, -0.1) is 0 Å². The van der Waals surface area contributed by atoms with Gasteiger partial charge in [0.2, 0.25) is 0 Å². The third-order valence-corrected chi connectivity index (χ3v) is 5.19. The van der Waals surface area contributed by atoms with Gasteiger partial charge in [-0.05, 0) is 45.4 Å². The molecule has 0 amide bonds. The molecule has 2 rings (SSSR count). The molecular formula is C28H28N4O. The Morgan fingerprint density at radius 1 is 0.879 bits per heavy atom. The number of hydrogen-bond acceptors (Lipinski definition) is 5. The van der Waals surface area contributed by atoms with Crippen LogP contribution in [-0.2, 0) is 4.74 Å². The third kappa shape index (κ3) is 6.36. The van der Waals surface area contributed by atoms with E-state index in [1.165, 1.54) is 5.69 Å². The highest BCUT2D eigenvalue weighted by Gasteiger charge is 2.38. The van der Waals surface area contributed by atoms with E-state index in [0.717, 1.165) is 18.7 Å². The lowest BCUT2D eigenvalue weighted by Gasteiger charge is -2.20. The minimum Gasteiger partial charge on any atom is -0.480 e. The molecule has 0 fully saturated rings. The van der Waals surface area contributed by atoms with Gasteiger partial charge in [0.25, 0.3) is 0 Å². The predicted octanol–water partition coefficient (Wildman–Crippen LogP) is 6.14. The van der Waals surface area contributed by atoms with Gasteiger partial charge in [0.05, 0.1) is 0 Å². The smallest absolute Gasteiger partial charge is 0.172 e. The predicted molar refractivity (Wildman–Crippen MR) is 133 cm³/mol. The molecule has 1 aromatic carbocycles. The molecule has 0 bridgehead atoms. The summed E-state index contributed by atoms with van der Waals surface area (Å²) in [5.41, 5.74) is 2.21. The summed E-state index contributed by atoms with van der Waals surface area (Å²) in [4.78, 5) is 2.31. The third-order valence-electron chi connectivity index (χ3n) is 5.19. The fourth-order valence-electron chi connectivity index (χ4n) is 3.44. The minimum absolute atomic E-state index is 0.0475. The zero-order chi connectivity index (χ0) is 24.3. The van der Waals surface area contributed by atoms with E-state index in [-0.39, 0.29) is 16.9 Å². The van der Waals surface area contributed by atoms with Crippen molar-refractivity contribution in [2.75, 3.05) is 18.0 Å². The Bertz CT molecular complexity index is 1130. The van der Waals surface area contributed by atoms with Crippen molar-refractivity contribution >= 4 is 11.8 Å². The molecule has 0 radical (unpaired) electrons. The van der Waals surface area contributed by atoms with Gasteiger partial charge in [0, 0.05) is 24.4 Å². The summed E-state index contributed by atoms with van der Waals surface area (Å²) >= 11 is 0. The van der Waals surface area contributed by atoms with Crippen LogP contribution in [0.25, 0.3) is 6.08 Å². The monoisotopic (exact) mass is 436 g/mol. The van der Waals surface area contributed by atoms with Gasteiger partial charge >= 0.3 is 0 Å². The molecule has 0 saturated heterocycles. The molecule has 0 spiro atoms. The van der Waals surface area contributed by atoms with Crippen molar-refractivity contribution in [3.05, 3.63) is 94.8 Å². The van der Waals surface area contributed by atoms with Gasteiger partial charge in [-0.3, -0.25) is 0 Å². The second-order valence-electron chi connectivity index (χ2n) is 7.69. The number of nitrogens with zero attached hydrogens (tertiary/aromatic N) is 4. The van der Waals surface area contributed by atoms with E-state index in [0.29, 0.717) is 5.57 Å². The highest BCUT2D eigenvalue weighted by atomic mass is 16.5. The summed E-state index contributed by atoms with van der Waals surface area (Å²) in [6.07, 6.45) is 15.2. The molecule has 1 aliphatic rings. The lowest BCUT2D eigenvalue weighted by atomic mass is 9.95. The maximum absolute atomic E-state index is 9.53. The first-order valence-electron chi connectivity index (χ1n) is 10.8. The van der Waals surface area contributed by atoms with Crippen LogP contribution < -0.4 is 4.90 Å². The van der Waals surface area contributed by atoms with E-state index in [9.17, 15) is 5.26 Å². The van der Waals surface area contributed by atoms with Crippen molar-refractivity contribution in [1.82, 2.24) is 0 Å². The van der Waals surface area contributed by atoms with E-state index in [1.807, 2.05) is 36.5 Å². The summed E-state index contributed by atoms with van der Waals surface area (Å²) in [5.74, 6) is 0.0475. The summed E-state index contributed by atoms with van der Waals surface area (Å²) in [5, 5.41) is 27.8. The van der Waals surface area contributed by atoms with Crippen LogP contribution in [0.3, 0.4) is 0 Å². The molecular weight excluding hydrogens is 408 g/mol. The Kier molecular flexibility index (Phi) is 9.05. The molecule has 0 unspecified atom stereocenters. The van der Waals surface area contributed by atoms with Crippen molar-refractivity contribution in [2.24, 2.45) is 0 Å². The highest BCUT2D eigenvalue weighted by Crippen LogP contribution is 2.40. The zero-order valence-electron chi connectivity index (χ0n) is 19.5. The summed E-state index contributed by atoms with van der Waals surface area (Å²) in [6, 6.07) is 14.1. The van der Waals surface area contributed by atoms with E-state index in [4.69, 9.17) is 15.3 Å². The SMILES string of the molecule is CCN(CC)c1ccc(/C=C/C=C/C=C/C=C/C2=C(C#N)C(=C(C#N)C#N)OC2(C)C)cc1. The number of ether oxygens (including phenoxy) is 1. The Hall–Kier alpha value is -4.27. The van der Waals surface area contributed by atoms with Gasteiger partial charge < -0.3 is 9.64 Å². The van der Waals surface area contributed by atoms with Crippen LogP contribution in [0.1, 0.15) is 33.3 Å². The van der Waals surface area contributed by atoms with Crippen LogP contribution >= 0.6 is 0 Å². The van der Waals surface area contributed by atoms with Crippen molar-refractivity contribution in [2.45, 2.75) is 33.3 Å². The second kappa shape index (κ2) is 11.9. The van der Waals surface area contributed by atoms with Crippen LogP contribution in [0.4, 0.5) is 5.69 Å². The van der Waals surface area contributed by atoms with Gasteiger partial charge in [-0.25, -0.2) is 0 Å². The average Bonchev–Trinajstić information content (AvgIpc) is 3.07. The molecule has 1 aliphatic heterocycles. The average molecular weight is 437 g/mol. The number of anilines is 1. The molecule has 1 aromatic rings. The van der Waals surface area contributed by atoms with Crippen molar-refractivity contribution in [3.63, 3.8) is 0 Å². The highest BCUT2D eigenvalue weighted by molar-refractivity contribution is 5.60. The molecule has 1 heterocycles. The van der Waals surface area contributed by atoms with E-state index in [1.54, 1.807) is 38.1 Å². The Morgan fingerprint density at radius 2 is 1.42 bits per heavy atom. The van der Waals surface area contributed by atoms with Gasteiger partial charge in [-0.2, -0.15) is 15.8 Å². The Balaban J connectivity index is 2.04. The van der Waals surface area contributed by atoms with Gasteiger partial charge in [-0.1, -0.05) is 60.7 Å². The molecule has 0 saturated carbocycles. The maximum atomic E-state index is 9.53. The van der Waals surface area contributed by atoms with Crippen LogP contribution in [0.15, 0.2) is 89.3 Å². The number of nitriles is 3. The Labute approximate surface area is 196 Å². The molecule has 166 valence electrons. The van der Waals surface area contributed by atoms with E-state index >= 15 is 0 Å². The van der Waals surface area contributed by atoms with Gasteiger partial charge in [0.15, 0.2) is 11.3 Å². The molecule has 0 N–H and O–H groups in total. The summed E-state index contributed by atoms with van der Waals surface area (Å²) < 4.78 is 5.73. The lowest BCUT2D eigenvalue weighted by molar-refractivity contribution is 0.0954. The Morgan fingerprint density at radius 3 is 1.94 bits per heavy atom. The zero-order valence-corrected chi connectivity index (χ0v) is 19.5. The molecule has 0 aliphatic carbocycles. The van der Waals surface area contributed by atoms with Gasteiger partial charge in [0.1, 0.15) is 29.4 Å². The molecule has 33 heavy (non-hydrogen) atoms. The van der Waals surface area contributed by atoms with Crippen LogP contribution in [0.5, 0.6) is 0 Å². The summed E-state index contributed by atoms with van der Waals surface area (Å²) in [7, 11) is 0. The number of rotatable bonds is 8. The molecule has 5 nitrogen and oxygen atoms in total. The number of hydrogen-bond donors (Lipinski definition) is 0. The fourth-order valence-corrected chi connectivity index (χ4v) is 3.44. The first-order valence-corrected chi connectivity index (χ1v) is 10.8. The summed E-state index contributed by atoms with van der Waals surface area (Å²) in [6.45, 7) is 9.89. The van der Waals surface area contributed by atoms with Crippen LogP contribution in [0.2, 0.25) is 0 Å². The molecule has 5 heteroatoms. The number of benzene rings is 1. The largest absolute Gasteiger partial charge is 0.480 e. The van der Waals surface area contributed by atoms with Crippen LogP contribution in [-0.4, -0.2) is 18.7 Å². The first-order chi connectivity index (χ1) is 15.9. The first kappa shape index (κ1) is 25.0. The minimum atomic E-state index is -0.802. The fraction of sp³-hybridized carbons (Fsp3) is 0.250.